The number of fused-ring (bicyclic) bond motifs is 1. The van der Waals surface area contributed by atoms with Crippen LogP contribution in [0.15, 0.2) is 42.5 Å². The Balaban J connectivity index is 1.86. The number of carbonyl (C=O) groups excluding carboxylic acids is 3. The molecule has 162 valence electrons. The Morgan fingerprint density at radius 3 is 2.26 bits per heavy atom. The molecule has 0 bridgehead atoms. The number of benzene rings is 2. The van der Waals surface area contributed by atoms with Crippen molar-refractivity contribution in [3.05, 3.63) is 69.3 Å². The van der Waals surface area contributed by atoms with Gasteiger partial charge in [0.15, 0.2) is 0 Å². The fourth-order valence-corrected chi connectivity index (χ4v) is 3.50. The van der Waals surface area contributed by atoms with Crippen LogP contribution in [0.2, 0.25) is 0 Å². The lowest BCUT2D eigenvalue weighted by Crippen LogP contribution is -2.49. The van der Waals surface area contributed by atoms with Crippen LogP contribution in [0.25, 0.3) is 0 Å². The second-order valence-corrected chi connectivity index (χ2v) is 7.22. The Morgan fingerprint density at radius 2 is 1.74 bits per heavy atom. The van der Waals surface area contributed by atoms with E-state index in [0.29, 0.717) is 17.7 Å². The minimum absolute atomic E-state index is 0.175. The van der Waals surface area contributed by atoms with Crippen molar-refractivity contribution in [1.82, 2.24) is 4.90 Å². The third-order valence-corrected chi connectivity index (χ3v) is 5.37. The van der Waals surface area contributed by atoms with Crippen molar-refractivity contribution in [2.75, 3.05) is 7.11 Å². The van der Waals surface area contributed by atoms with Crippen LogP contribution in [0.4, 0.5) is 5.69 Å². The van der Waals surface area contributed by atoms with Crippen LogP contribution in [0, 0.1) is 16.0 Å². The molecule has 1 aliphatic rings. The molecule has 1 aliphatic heterocycles. The number of imide groups is 1. The van der Waals surface area contributed by atoms with Gasteiger partial charge in [-0.1, -0.05) is 32.4 Å². The Labute approximate surface area is 178 Å². The fraction of sp³-hybridized carbons (Fsp3) is 0.318. The Kier molecular flexibility index (Phi) is 6.33. The first-order chi connectivity index (χ1) is 14.8. The minimum Gasteiger partial charge on any atom is -0.496 e. The van der Waals surface area contributed by atoms with Gasteiger partial charge >= 0.3 is 5.97 Å². The number of rotatable bonds is 8. The molecule has 2 unspecified atom stereocenters. The number of non-ortho nitro benzene ring substituents is 1. The van der Waals surface area contributed by atoms with Gasteiger partial charge in [-0.25, -0.2) is 4.79 Å². The molecule has 9 nitrogen and oxygen atoms in total. The first-order valence-corrected chi connectivity index (χ1v) is 9.75. The van der Waals surface area contributed by atoms with Crippen molar-refractivity contribution >= 4 is 23.5 Å². The van der Waals surface area contributed by atoms with E-state index in [9.17, 15) is 24.5 Å². The van der Waals surface area contributed by atoms with Gasteiger partial charge < -0.3 is 9.47 Å². The summed E-state index contributed by atoms with van der Waals surface area (Å²) in [6, 6.07) is 9.22. The van der Waals surface area contributed by atoms with Crippen molar-refractivity contribution in [3.63, 3.8) is 0 Å². The number of esters is 1. The monoisotopic (exact) mass is 426 g/mol. The second-order valence-electron chi connectivity index (χ2n) is 7.22. The molecule has 3 rings (SSSR count). The van der Waals surface area contributed by atoms with Crippen molar-refractivity contribution in [1.29, 1.82) is 0 Å². The largest absolute Gasteiger partial charge is 0.496 e. The highest BCUT2D eigenvalue weighted by Crippen LogP contribution is 2.30. The summed E-state index contributed by atoms with van der Waals surface area (Å²) in [6.45, 7) is 3.29. The van der Waals surface area contributed by atoms with Crippen LogP contribution >= 0.6 is 0 Å². The summed E-state index contributed by atoms with van der Waals surface area (Å²) < 4.78 is 10.6. The van der Waals surface area contributed by atoms with E-state index in [-0.39, 0.29) is 29.3 Å². The molecule has 0 N–H and O–H groups in total. The van der Waals surface area contributed by atoms with Gasteiger partial charge in [0.05, 0.1) is 23.2 Å². The van der Waals surface area contributed by atoms with Gasteiger partial charge in [-0.15, -0.1) is 0 Å². The molecule has 2 aromatic rings. The van der Waals surface area contributed by atoms with E-state index < -0.39 is 28.7 Å². The third-order valence-electron chi connectivity index (χ3n) is 5.37. The number of hydrogen-bond donors (Lipinski definition) is 0. The Hall–Kier alpha value is -3.75. The maximum atomic E-state index is 13.0. The highest BCUT2D eigenvalue weighted by atomic mass is 16.6. The van der Waals surface area contributed by atoms with Gasteiger partial charge in [-0.05, 0) is 24.1 Å². The quantitative estimate of drug-likeness (QED) is 0.275. The molecule has 2 aromatic carbocycles. The lowest BCUT2D eigenvalue weighted by Gasteiger charge is -2.29. The Morgan fingerprint density at radius 1 is 1.13 bits per heavy atom. The van der Waals surface area contributed by atoms with Crippen molar-refractivity contribution in [3.8, 4) is 5.75 Å². The van der Waals surface area contributed by atoms with E-state index in [0.717, 1.165) is 4.90 Å². The van der Waals surface area contributed by atoms with Gasteiger partial charge in [0.1, 0.15) is 18.4 Å². The molecule has 0 fully saturated rings. The van der Waals surface area contributed by atoms with Gasteiger partial charge in [0.2, 0.25) is 0 Å². The molecule has 0 radical (unpaired) electrons. The van der Waals surface area contributed by atoms with Gasteiger partial charge in [-0.2, -0.15) is 0 Å². The van der Waals surface area contributed by atoms with Gasteiger partial charge in [-0.3, -0.25) is 24.6 Å². The molecular weight excluding hydrogens is 404 g/mol. The smallest absolute Gasteiger partial charge is 0.329 e. The molecule has 0 spiro atoms. The first kappa shape index (κ1) is 21.9. The third kappa shape index (κ3) is 4.11. The zero-order chi connectivity index (χ0) is 22.7. The summed E-state index contributed by atoms with van der Waals surface area (Å²) in [5.41, 5.74) is 0.615. The maximum absolute atomic E-state index is 13.0. The number of methoxy groups -OCH3 is 1. The van der Waals surface area contributed by atoms with Crippen LogP contribution in [-0.4, -0.2) is 40.8 Å². The molecule has 0 aromatic heterocycles. The van der Waals surface area contributed by atoms with E-state index in [1.54, 1.807) is 31.2 Å². The predicted molar refractivity (Wildman–Crippen MR) is 110 cm³/mol. The number of hydrogen-bond acceptors (Lipinski definition) is 7. The van der Waals surface area contributed by atoms with E-state index in [2.05, 4.69) is 0 Å². The molecule has 31 heavy (non-hydrogen) atoms. The standard InChI is InChI=1S/C22H22N2O7/c1-4-13(2)19(23-20(25)16-7-5-6-8-17(16)21(23)26)22(27)31-12-14-11-15(24(28)29)9-10-18(14)30-3/h5-11,13,19H,4,12H2,1-3H3. The average molecular weight is 426 g/mol. The van der Waals surface area contributed by atoms with Gasteiger partial charge in [0, 0.05) is 17.7 Å². The number of nitrogens with zero attached hydrogens (tertiary/aromatic N) is 2. The predicted octanol–water partition coefficient (Wildman–Crippen LogP) is 3.36. The lowest BCUT2D eigenvalue weighted by molar-refractivity contribution is -0.385. The van der Waals surface area contributed by atoms with E-state index in [1.807, 2.05) is 6.92 Å². The molecule has 0 aliphatic carbocycles. The van der Waals surface area contributed by atoms with Crippen LogP contribution in [0.3, 0.4) is 0 Å². The lowest BCUT2D eigenvalue weighted by atomic mass is 9.97. The van der Waals surface area contributed by atoms with Gasteiger partial charge in [0.25, 0.3) is 17.5 Å². The summed E-state index contributed by atoms with van der Waals surface area (Å²) >= 11 is 0. The van der Waals surface area contributed by atoms with Crippen molar-refractivity contribution in [2.45, 2.75) is 32.9 Å². The SMILES string of the molecule is CCC(C)C(C(=O)OCc1cc([N+](=O)[O-])ccc1OC)N1C(=O)c2ccccc2C1=O. The summed E-state index contributed by atoms with van der Waals surface area (Å²) in [5, 5.41) is 11.1. The molecule has 0 saturated carbocycles. The van der Waals surface area contributed by atoms with Crippen molar-refractivity contribution < 1.29 is 28.8 Å². The first-order valence-electron chi connectivity index (χ1n) is 9.75. The van der Waals surface area contributed by atoms with Crippen LogP contribution in [0.1, 0.15) is 46.5 Å². The maximum Gasteiger partial charge on any atom is 0.329 e. The number of carbonyl (C=O) groups is 3. The fourth-order valence-electron chi connectivity index (χ4n) is 3.50. The molecular formula is C22H22N2O7. The molecule has 1 heterocycles. The number of nitro groups is 1. The molecule has 2 amide bonds. The van der Waals surface area contributed by atoms with Crippen LogP contribution < -0.4 is 4.74 Å². The zero-order valence-corrected chi connectivity index (χ0v) is 17.4. The van der Waals surface area contributed by atoms with Crippen LogP contribution in [0.5, 0.6) is 5.75 Å². The minimum atomic E-state index is -1.12. The molecule has 9 heteroatoms. The zero-order valence-electron chi connectivity index (χ0n) is 17.4. The number of amides is 2. The normalized spacial score (nSPS) is 14.7. The number of nitro benzene ring substituents is 1. The van der Waals surface area contributed by atoms with Crippen LogP contribution in [-0.2, 0) is 16.1 Å². The Bertz CT molecular complexity index is 1010. The highest BCUT2D eigenvalue weighted by Gasteiger charge is 2.45. The van der Waals surface area contributed by atoms with E-state index in [1.165, 1.54) is 25.3 Å². The summed E-state index contributed by atoms with van der Waals surface area (Å²) in [5.74, 6) is -1.90. The number of ether oxygens (including phenoxy) is 2. The molecule has 0 saturated heterocycles. The van der Waals surface area contributed by atoms with E-state index in [4.69, 9.17) is 9.47 Å². The van der Waals surface area contributed by atoms with E-state index >= 15 is 0 Å². The summed E-state index contributed by atoms with van der Waals surface area (Å²) in [4.78, 5) is 50.2. The average Bonchev–Trinajstić information content (AvgIpc) is 3.02. The topological polar surface area (TPSA) is 116 Å². The second kappa shape index (κ2) is 8.95. The van der Waals surface area contributed by atoms with Crippen molar-refractivity contribution in [2.24, 2.45) is 5.92 Å². The summed E-state index contributed by atoms with van der Waals surface area (Å²) in [6.07, 6.45) is 0.521. The molecule has 2 atom stereocenters. The highest BCUT2D eigenvalue weighted by molar-refractivity contribution is 6.22. The summed E-state index contributed by atoms with van der Waals surface area (Å²) in [7, 11) is 1.40.